The van der Waals surface area contributed by atoms with E-state index in [9.17, 15) is 9.90 Å². The van der Waals surface area contributed by atoms with E-state index in [0.717, 1.165) is 19.3 Å². The first-order chi connectivity index (χ1) is 8.65. The summed E-state index contributed by atoms with van der Waals surface area (Å²) in [7, 11) is 0. The van der Waals surface area contributed by atoms with E-state index in [0.29, 0.717) is 18.1 Å². The standard InChI is InChI=1S/C16H18O2/c1-2-16-8-7-14(18)10-12(16)4-3-11-9-13(17)5-6-15(11)16/h5-9,12,17H,2-4,10H2,1H3/t12-,16-/m1/s1. The van der Waals surface area contributed by atoms with Crippen LogP contribution in [0.4, 0.5) is 0 Å². The highest BCUT2D eigenvalue weighted by molar-refractivity contribution is 5.91. The monoisotopic (exact) mass is 242 g/mol. The summed E-state index contributed by atoms with van der Waals surface area (Å²) in [6.45, 7) is 2.19. The summed E-state index contributed by atoms with van der Waals surface area (Å²) in [5, 5.41) is 9.61. The molecule has 0 aliphatic heterocycles. The van der Waals surface area contributed by atoms with Crippen molar-refractivity contribution in [1.82, 2.24) is 0 Å². The van der Waals surface area contributed by atoms with E-state index in [2.05, 4.69) is 13.0 Å². The van der Waals surface area contributed by atoms with Crippen LogP contribution in [-0.2, 0) is 16.6 Å². The SMILES string of the molecule is CC[C@@]12C=CC(=O)C[C@H]1CCc1cc(O)ccc12. The minimum Gasteiger partial charge on any atom is -0.508 e. The van der Waals surface area contributed by atoms with Crippen LogP contribution >= 0.6 is 0 Å². The van der Waals surface area contributed by atoms with Gasteiger partial charge in [-0.05, 0) is 54.5 Å². The van der Waals surface area contributed by atoms with Gasteiger partial charge in [-0.3, -0.25) is 4.79 Å². The zero-order valence-electron chi connectivity index (χ0n) is 10.6. The molecule has 0 bridgehead atoms. The number of carbonyl (C=O) groups is 1. The van der Waals surface area contributed by atoms with E-state index in [1.807, 2.05) is 12.1 Å². The Bertz CT molecular complexity index is 530. The number of ketones is 1. The summed E-state index contributed by atoms with van der Waals surface area (Å²) in [5.74, 6) is 1.03. The van der Waals surface area contributed by atoms with Crippen LogP contribution in [0.25, 0.3) is 0 Å². The van der Waals surface area contributed by atoms with Crippen molar-refractivity contribution in [3.8, 4) is 5.75 Å². The van der Waals surface area contributed by atoms with Gasteiger partial charge in [0.05, 0.1) is 0 Å². The van der Waals surface area contributed by atoms with Crippen molar-refractivity contribution in [3.05, 3.63) is 41.5 Å². The predicted octanol–water partition coefficient (Wildman–Crippen LogP) is 3.13. The Kier molecular flexibility index (Phi) is 2.54. The van der Waals surface area contributed by atoms with Crippen molar-refractivity contribution in [2.24, 2.45) is 5.92 Å². The fourth-order valence-corrected chi connectivity index (χ4v) is 3.71. The summed E-state index contributed by atoms with van der Waals surface area (Å²) < 4.78 is 0. The van der Waals surface area contributed by atoms with Gasteiger partial charge >= 0.3 is 0 Å². The third kappa shape index (κ3) is 1.52. The molecule has 0 fully saturated rings. The van der Waals surface area contributed by atoms with E-state index >= 15 is 0 Å². The first-order valence-corrected chi connectivity index (χ1v) is 6.70. The normalized spacial score (nSPS) is 29.8. The van der Waals surface area contributed by atoms with Crippen molar-refractivity contribution in [3.63, 3.8) is 0 Å². The van der Waals surface area contributed by atoms with Crippen molar-refractivity contribution >= 4 is 5.78 Å². The zero-order chi connectivity index (χ0) is 12.8. The van der Waals surface area contributed by atoms with Gasteiger partial charge in [0.25, 0.3) is 0 Å². The molecular weight excluding hydrogens is 224 g/mol. The quantitative estimate of drug-likeness (QED) is 0.821. The Morgan fingerprint density at radius 3 is 3.06 bits per heavy atom. The molecule has 1 aromatic rings. The number of rotatable bonds is 1. The van der Waals surface area contributed by atoms with Crippen molar-refractivity contribution in [1.29, 1.82) is 0 Å². The van der Waals surface area contributed by atoms with Crippen LogP contribution in [0, 0.1) is 5.92 Å². The molecule has 2 atom stereocenters. The zero-order valence-corrected chi connectivity index (χ0v) is 10.6. The van der Waals surface area contributed by atoms with E-state index in [-0.39, 0.29) is 11.2 Å². The average molecular weight is 242 g/mol. The molecule has 0 saturated heterocycles. The molecule has 2 aliphatic rings. The second-order valence-electron chi connectivity index (χ2n) is 5.47. The summed E-state index contributed by atoms with van der Waals surface area (Å²) in [4.78, 5) is 11.6. The van der Waals surface area contributed by atoms with E-state index in [1.54, 1.807) is 12.1 Å². The van der Waals surface area contributed by atoms with E-state index < -0.39 is 0 Å². The first kappa shape index (κ1) is 11.5. The number of aryl methyl sites for hydroxylation is 1. The lowest BCUT2D eigenvalue weighted by Crippen LogP contribution is -2.40. The third-order valence-corrected chi connectivity index (χ3v) is 4.68. The average Bonchev–Trinajstić information content (AvgIpc) is 2.38. The molecule has 3 rings (SSSR count). The van der Waals surface area contributed by atoms with Crippen LogP contribution in [0.2, 0.25) is 0 Å². The number of hydrogen-bond donors (Lipinski definition) is 1. The van der Waals surface area contributed by atoms with Crippen LogP contribution in [-0.4, -0.2) is 10.9 Å². The molecule has 0 unspecified atom stereocenters. The predicted molar refractivity (Wildman–Crippen MR) is 70.7 cm³/mol. The van der Waals surface area contributed by atoms with Crippen LogP contribution in [0.1, 0.15) is 37.3 Å². The van der Waals surface area contributed by atoms with Gasteiger partial charge in [0.15, 0.2) is 5.78 Å². The number of carbonyl (C=O) groups excluding carboxylic acids is 1. The lowest BCUT2D eigenvalue weighted by molar-refractivity contribution is -0.116. The molecule has 0 saturated carbocycles. The van der Waals surface area contributed by atoms with Gasteiger partial charge in [0.1, 0.15) is 5.75 Å². The Balaban J connectivity index is 2.18. The molecule has 0 radical (unpaired) electrons. The number of phenolic OH excluding ortho intramolecular Hbond substituents is 1. The largest absolute Gasteiger partial charge is 0.508 e. The molecule has 0 aromatic heterocycles. The van der Waals surface area contributed by atoms with E-state index in [1.165, 1.54) is 11.1 Å². The maximum atomic E-state index is 11.6. The molecule has 0 amide bonds. The van der Waals surface area contributed by atoms with Crippen molar-refractivity contribution in [2.75, 3.05) is 0 Å². The highest BCUT2D eigenvalue weighted by Gasteiger charge is 2.43. The number of hydrogen-bond acceptors (Lipinski definition) is 2. The van der Waals surface area contributed by atoms with Crippen LogP contribution in [0.15, 0.2) is 30.4 Å². The first-order valence-electron chi connectivity index (χ1n) is 6.70. The Labute approximate surface area is 107 Å². The molecule has 2 aliphatic carbocycles. The van der Waals surface area contributed by atoms with Gasteiger partial charge in [-0.1, -0.05) is 19.1 Å². The number of allylic oxidation sites excluding steroid dienone is 2. The molecule has 2 heteroatoms. The molecule has 1 N–H and O–H groups in total. The topological polar surface area (TPSA) is 37.3 Å². The van der Waals surface area contributed by atoms with E-state index in [4.69, 9.17) is 0 Å². The third-order valence-electron chi connectivity index (χ3n) is 4.68. The molecule has 2 nitrogen and oxygen atoms in total. The van der Waals surface area contributed by atoms with Crippen molar-refractivity contribution in [2.45, 2.75) is 38.0 Å². The maximum Gasteiger partial charge on any atom is 0.155 e. The smallest absolute Gasteiger partial charge is 0.155 e. The number of phenols is 1. The molecule has 94 valence electrons. The molecular formula is C16H18O2. The summed E-state index contributed by atoms with van der Waals surface area (Å²) in [6, 6.07) is 5.69. The molecule has 1 aromatic carbocycles. The van der Waals surface area contributed by atoms with Crippen LogP contribution < -0.4 is 0 Å². The lowest BCUT2D eigenvalue weighted by atomic mass is 9.58. The van der Waals surface area contributed by atoms with Crippen LogP contribution in [0.3, 0.4) is 0 Å². The Morgan fingerprint density at radius 2 is 2.28 bits per heavy atom. The van der Waals surface area contributed by atoms with Crippen LogP contribution in [0.5, 0.6) is 5.75 Å². The van der Waals surface area contributed by atoms with Crippen molar-refractivity contribution < 1.29 is 9.90 Å². The second kappa shape index (κ2) is 3.98. The Morgan fingerprint density at radius 1 is 1.44 bits per heavy atom. The molecule has 0 spiro atoms. The number of benzene rings is 1. The van der Waals surface area contributed by atoms with Gasteiger partial charge in [-0.25, -0.2) is 0 Å². The molecule has 18 heavy (non-hydrogen) atoms. The highest BCUT2D eigenvalue weighted by atomic mass is 16.3. The summed E-state index contributed by atoms with van der Waals surface area (Å²) >= 11 is 0. The second-order valence-corrected chi connectivity index (χ2v) is 5.47. The summed E-state index contributed by atoms with van der Waals surface area (Å²) in [5.41, 5.74) is 2.56. The fourth-order valence-electron chi connectivity index (χ4n) is 3.71. The Hall–Kier alpha value is -1.57. The molecule has 0 heterocycles. The fraction of sp³-hybridized carbons (Fsp3) is 0.438. The van der Waals surface area contributed by atoms with Gasteiger partial charge in [-0.15, -0.1) is 0 Å². The minimum absolute atomic E-state index is 0.00912. The van der Waals surface area contributed by atoms with Gasteiger partial charge < -0.3 is 5.11 Å². The lowest BCUT2D eigenvalue weighted by Gasteiger charge is -2.45. The minimum atomic E-state index is 0.00912. The number of aromatic hydroxyl groups is 1. The number of fused-ring (bicyclic) bond motifs is 3. The highest BCUT2D eigenvalue weighted by Crippen LogP contribution is 2.49. The van der Waals surface area contributed by atoms with Gasteiger partial charge in [0, 0.05) is 11.8 Å². The maximum absolute atomic E-state index is 11.6. The van der Waals surface area contributed by atoms with Gasteiger partial charge in [-0.2, -0.15) is 0 Å². The van der Waals surface area contributed by atoms with Gasteiger partial charge in [0.2, 0.25) is 0 Å². The summed E-state index contributed by atoms with van der Waals surface area (Å²) in [6.07, 6.45) is 7.56.